The smallest absolute Gasteiger partial charge is 0.0714 e. The first kappa shape index (κ1) is 41.7. The van der Waals surface area contributed by atoms with Crippen LogP contribution in [-0.4, -0.2) is 0 Å². The summed E-state index contributed by atoms with van der Waals surface area (Å²) in [6.45, 7) is 9.71. The summed E-state index contributed by atoms with van der Waals surface area (Å²) in [7, 11) is 0. The molecule has 0 radical (unpaired) electrons. The Morgan fingerprint density at radius 2 is 0.838 bits per heavy atom. The fourth-order valence-electron chi connectivity index (χ4n) is 11.9. The van der Waals surface area contributed by atoms with Gasteiger partial charge in [0.25, 0.3) is 0 Å². The van der Waals surface area contributed by atoms with Crippen molar-refractivity contribution in [2.75, 3.05) is 4.90 Å². The Hall–Kier alpha value is -7.74. The quantitative estimate of drug-likeness (QED) is 0.147. The highest BCUT2D eigenvalue weighted by Crippen LogP contribution is 2.59. The van der Waals surface area contributed by atoms with E-state index in [0.29, 0.717) is 0 Å². The van der Waals surface area contributed by atoms with E-state index in [0.717, 1.165) is 17.1 Å². The molecule has 2 aliphatic carbocycles. The molecule has 0 saturated heterocycles. The van der Waals surface area contributed by atoms with E-state index < -0.39 is 5.41 Å². The third kappa shape index (κ3) is 6.75. The standard InChI is InChI=1S/C67H55N/c1-65(2)41-42-66(3,4)64-56(28-18-30-61(64)65)48-32-34-49(35-33-48)58-44-59-57-27-16-17-29-60(57)67(52-21-8-5-9-22-52,53-23-10-6-11-24-53)62(59)45-63(58)68(54-25-12-7-13-26-54)55-39-37-47(38-40-55)51-36-31-46-19-14-15-20-50(46)43-51/h5-40,43-45H,41-42H2,1-4H3. The van der Waals surface area contributed by atoms with Gasteiger partial charge in [-0.05, 0) is 149 Å². The number of nitrogens with zero attached hydrogens (tertiary/aromatic N) is 1. The van der Waals surface area contributed by atoms with Crippen LogP contribution in [0.4, 0.5) is 17.1 Å². The number of anilines is 3. The second kappa shape index (κ2) is 16.2. The number of rotatable bonds is 8. The zero-order chi connectivity index (χ0) is 46.0. The number of benzene rings is 10. The Kier molecular flexibility index (Phi) is 9.96. The van der Waals surface area contributed by atoms with E-state index >= 15 is 0 Å². The van der Waals surface area contributed by atoms with E-state index in [9.17, 15) is 0 Å². The van der Waals surface area contributed by atoms with Gasteiger partial charge in [0.05, 0.1) is 11.1 Å². The monoisotopic (exact) mass is 873 g/mol. The van der Waals surface area contributed by atoms with E-state index in [1.165, 1.54) is 102 Å². The first-order valence-electron chi connectivity index (χ1n) is 24.3. The van der Waals surface area contributed by atoms with Crippen molar-refractivity contribution in [2.24, 2.45) is 0 Å². The third-order valence-corrected chi connectivity index (χ3v) is 15.4. The molecule has 0 spiro atoms. The van der Waals surface area contributed by atoms with Gasteiger partial charge in [-0.3, -0.25) is 0 Å². The molecule has 0 amide bonds. The Morgan fingerprint density at radius 1 is 0.324 bits per heavy atom. The van der Waals surface area contributed by atoms with Gasteiger partial charge in [-0.15, -0.1) is 0 Å². The highest BCUT2D eigenvalue weighted by molar-refractivity contribution is 5.97. The lowest BCUT2D eigenvalue weighted by atomic mass is 9.61. The molecule has 0 heterocycles. The van der Waals surface area contributed by atoms with Crippen molar-refractivity contribution in [3.05, 3.63) is 270 Å². The number of hydrogen-bond donors (Lipinski definition) is 0. The van der Waals surface area contributed by atoms with Crippen LogP contribution in [0.15, 0.2) is 237 Å². The van der Waals surface area contributed by atoms with Gasteiger partial charge in [-0.1, -0.05) is 222 Å². The molecule has 328 valence electrons. The average molecular weight is 874 g/mol. The summed E-state index contributed by atoms with van der Waals surface area (Å²) < 4.78 is 0. The molecule has 0 atom stereocenters. The molecule has 0 unspecified atom stereocenters. The van der Waals surface area contributed by atoms with Gasteiger partial charge in [-0.25, -0.2) is 0 Å². The zero-order valence-electron chi connectivity index (χ0n) is 39.4. The van der Waals surface area contributed by atoms with Crippen molar-refractivity contribution in [3.8, 4) is 44.5 Å². The highest BCUT2D eigenvalue weighted by atomic mass is 15.1. The largest absolute Gasteiger partial charge is 0.310 e. The van der Waals surface area contributed by atoms with Gasteiger partial charge < -0.3 is 4.90 Å². The topological polar surface area (TPSA) is 3.24 Å². The van der Waals surface area contributed by atoms with Crippen LogP contribution in [0.5, 0.6) is 0 Å². The molecular formula is C67H55N. The maximum atomic E-state index is 2.53. The van der Waals surface area contributed by atoms with Gasteiger partial charge in [0.1, 0.15) is 0 Å². The molecule has 1 nitrogen and oxygen atoms in total. The second-order valence-corrected chi connectivity index (χ2v) is 20.3. The maximum absolute atomic E-state index is 2.53. The molecular weight excluding hydrogens is 819 g/mol. The fraction of sp³-hybridized carbons (Fsp3) is 0.134. The number of hydrogen-bond acceptors (Lipinski definition) is 1. The van der Waals surface area contributed by atoms with Crippen molar-refractivity contribution in [1.82, 2.24) is 0 Å². The summed E-state index contributed by atoms with van der Waals surface area (Å²) in [4.78, 5) is 2.48. The molecule has 68 heavy (non-hydrogen) atoms. The van der Waals surface area contributed by atoms with Gasteiger partial charge >= 0.3 is 0 Å². The van der Waals surface area contributed by atoms with Crippen LogP contribution >= 0.6 is 0 Å². The summed E-state index contributed by atoms with van der Waals surface area (Å²) in [5.74, 6) is 0. The van der Waals surface area contributed by atoms with Crippen LogP contribution < -0.4 is 4.90 Å². The molecule has 0 bridgehead atoms. The van der Waals surface area contributed by atoms with Crippen molar-refractivity contribution in [2.45, 2.75) is 56.8 Å². The summed E-state index contributed by atoms with van der Waals surface area (Å²) in [6, 6.07) is 88.4. The number of fused-ring (bicyclic) bond motifs is 5. The molecule has 10 aromatic carbocycles. The van der Waals surface area contributed by atoms with Crippen molar-refractivity contribution < 1.29 is 0 Å². The van der Waals surface area contributed by atoms with Crippen LogP contribution in [0.3, 0.4) is 0 Å². The van der Waals surface area contributed by atoms with Crippen LogP contribution in [0, 0.1) is 0 Å². The Labute approximate surface area is 402 Å². The molecule has 1 heteroatoms. The molecule has 0 aromatic heterocycles. The minimum atomic E-state index is -0.555. The SMILES string of the molecule is CC1(C)CCC(C)(C)c2c(-c3ccc(-c4cc5c(cc4N(c4ccccc4)c4ccc(-c6ccc7ccccc7c6)cc4)C(c4ccccc4)(c4ccccc4)c4ccccc4-5)cc3)cccc21. The molecule has 10 aromatic rings. The molecule has 0 N–H and O–H groups in total. The molecule has 0 fully saturated rings. The predicted molar refractivity (Wildman–Crippen MR) is 288 cm³/mol. The fourth-order valence-corrected chi connectivity index (χ4v) is 11.9. The predicted octanol–water partition coefficient (Wildman–Crippen LogP) is 18.0. The van der Waals surface area contributed by atoms with Crippen molar-refractivity contribution in [3.63, 3.8) is 0 Å². The average Bonchev–Trinajstić information content (AvgIpc) is 3.68. The van der Waals surface area contributed by atoms with E-state index in [4.69, 9.17) is 0 Å². The van der Waals surface area contributed by atoms with Crippen LogP contribution in [-0.2, 0) is 16.2 Å². The van der Waals surface area contributed by atoms with Crippen LogP contribution in [0.25, 0.3) is 55.3 Å². The van der Waals surface area contributed by atoms with Crippen LogP contribution in [0.1, 0.15) is 73.9 Å². The van der Waals surface area contributed by atoms with Crippen LogP contribution in [0.2, 0.25) is 0 Å². The van der Waals surface area contributed by atoms with Gasteiger partial charge in [0, 0.05) is 16.9 Å². The summed E-state index contributed by atoms with van der Waals surface area (Å²) in [5.41, 5.74) is 21.0. The zero-order valence-corrected chi connectivity index (χ0v) is 39.4. The highest BCUT2D eigenvalue weighted by Gasteiger charge is 2.47. The van der Waals surface area contributed by atoms with Gasteiger partial charge in [0.15, 0.2) is 0 Å². The Balaban J connectivity index is 1.10. The summed E-state index contributed by atoms with van der Waals surface area (Å²) >= 11 is 0. The molecule has 0 saturated carbocycles. The van der Waals surface area contributed by atoms with Crippen molar-refractivity contribution in [1.29, 1.82) is 0 Å². The lowest BCUT2D eigenvalue weighted by molar-refractivity contribution is 0.333. The van der Waals surface area contributed by atoms with Crippen molar-refractivity contribution >= 4 is 27.8 Å². The molecule has 0 aliphatic heterocycles. The van der Waals surface area contributed by atoms with Gasteiger partial charge in [0.2, 0.25) is 0 Å². The third-order valence-electron chi connectivity index (χ3n) is 15.4. The normalized spacial score (nSPS) is 15.0. The lowest BCUT2D eigenvalue weighted by Gasteiger charge is -2.43. The first-order valence-corrected chi connectivity index (χ1v) is 24.3. The van der Waals surface area contributed by atoms with E-state index in [1.807, 2.05) is 0 Å². The first-order chi connectivity index (χ1) is 33.2. The van der Waals surface area contributed by atoms with E-state index in [1.54, 1.807) is 0 Å². The molecule has 2 aliphatic rings. The minimum Gasteiger partial charge on any atom is -0.310 e. The maximum Gasteiger partial charge on any atom is 0.0714 e. The summed E-state index contributed by atoms with van der Waals surface area (Å²) in [6.07, 6.45) is 2.37. The lowest BCUT2D eigenvalue weighted by Crippen LogP contribution is -2.34. The molecule has 12 rings (SSSR count). The van der Waals surface area contributed by atoms with E-state index in [2.05, 4.69) is 269 Å². The van der Waals surface area contributed by atoms with E-state index in [-0.39, 0.29) is 10.8 Å². The number of para-hydroxylation sites is 1. The van der Waals surface area contributed by atoms with Gasteiger partial charge in [-0.2, -0.15) is 0 Å². The Morgan fingerprint density at radius 3 is 1.53 bits per heavy atom. The minimum absolute atomic E-state index is 0.0880. The second-order valence-electron chi connectivity index (χ2n) is 20.3. The summed E-state index contributed by atoms with van der Waals surface area (Å²) in [5, 5.41) is 2.50. The Bertz CT molecular complexity index is 3430.